The Hall–Kier alpha value is -2.65. The van der Waals surface area contributed by atoms with E-state index < -0.39 is 32.3 Å². The molecule has 178 valence electrons. The number of hydrogen-bond donors (Lipinski definition) is 2. The maximum Gasteiger partial charge on any atom is 0.412 e. The van der Waals surface area contributed by atoms with Crippen molar-refractivity contribution in [2.24, 2.45) is 0 Å². The maximum atomic E-state index is 12.9. The number of methoxy groups -OCH3 is 1. The molecular formula is C23H36N2O6Si. The van der Waals surface area contributed by atoms with E-state index in [-0.39, 0.29) is 23.9 Å². The number of carbonyl (C=O) groups is 3. The minimum absolute atomic E-state index is 0.00397. The predicted molar refractivity (Wildman–Crippen MR) is 125 cm³/mol. The molecule has 0 radical (unpaired) electrons. The smallest absolute Gasteiger partial charge is 0.412 e. The number of carbonyl (C=O) groups excluding carboxylic acids is 3. The van der Waals surface area contributed by atoms with E-state index in [1.165, 1.54) is 7.11 Å². The number of esters is 1. The van der Waals surface area contributed by atoms with Gasteiger partial charge in [0.15, 0.2) is 8.32 Å². The van der Waals surface area contributed by atoms with Gasteiger partial charge in [0.2, 0.25) is 0 Å². The van der Waals surface area contributed by atoms with Crippen LogP contribution in [-0.4, -0.2) is 46.0 Å². The summed E-state index contributed by atoms with van der Waals surface area (Å²) >= 11 is 0. The number of nitrogens with one attached hydrogen (secondary N) is 2. The predicted octanol–water partition coefficient (Wildman–Crippen LogP) is 3.89. The molecule has 0 aliphatic carbocycles. The molecule has 1 aromatic carbocycles. The van der Waals surface area contributed by atoms with Gasteiger partial charge in [0.1, 0.15) is 18.3 Å². The lowest BCUT2D eigenvalue weighted by Crippen LogP contribution is -2.51. The van der Waals surface area contributed by atoms with Gasteiger partial charge < -0.3 is 19.2 Å². The highest BCUT2D eigenvalue weighted by Gasteiger charge is 2.38. The third-order valence-electron chi connectivity index (χ3n) is 5.37. The van der Waals surface area contributed by atoms with Gasteiger partial charge in [0, 0.05) is 0 Å². The molecule has 9 heteroatoms. The first-order valence-corrected chi connectivity index (χ1v) is 13.4. The molecule has 0 saturated carbocycles. The van der Waals surface area contributed by atoms with Crippen molar-refractivity contribution in [2.45, 2.75) is 65.4 Å². The molecule has 0 fully saturated rings. The molecule has 0 heterocycles. The van der Waals surface area contributed by atoms with Crippen LogP contribution in [0.15, 0.2) is 41.6 Å². The zero-order valence-electron chi connectivity index (χ0n) is 20.3. The first-order valence-electron chi connectivity index (χ1n) is 10.5. The Labute approximate surface area is 191 Å². The van der Waals surface area contributed by atoms with Gasteiger partial charge in [-0.25, -0.2) is 9.59 Å². The average Bonchev–Trinajstić information content (AvgIpc) is 2.72. The minimum atomic E-state index is -2.16. The second-order valence-corrected chi connectivity index (χ2v) is 14.0. The van der Waals surface area contributed by atoms with Gasteiger partial charge in [-0.05, 0) is 43.1 Å². The average molecular weight is 465 g/mol. The fourth-order valence-corrected chi connectivity index (χ4v) is 3.34. The van der Waals surface area contributed by atoms with Crippen LogP contribution in [0, 0.1) is 0 Å². The van der Waals surface area contributed by atoms with E-state index >= 15 is 0 Å². The standard InChI is InChI=1S/C23H36N2O6Si/c1-16(2)19(25-22(28)30-14-17-12-10-9-11-13-17)20(26)24-18(21(27)29-6)15-31-32(7,8)23(3,4)5/h9-13,18H,14-15H2,1-8H3,(H,24,26)(H,25,28)/t18-/m0/s1. The van der Waals surface area contributed by atoms with Crippen LogP contribution in [0.4, 0.5) is 4.79 Å². The SMILES string of the molecule is COC(=O)[C@H](CO[Si](C)(C)C(C)(C)C)NC(=O)C(NC(=O)OCc1ccccc1)=C(C)C. The first kappa shape index (κ1) is 27.4. The molecule has 2 amide bonds. The van der Waals surface area contributed by atoms with Gasteiger partial charge in [0.25, 0.3) is 5.91 Å². The van der Waals surface area contributed by atoms with E-state index in [9.17, 15) is 14.4 Å². The summed E-state index contributed by atoms with van der Waals surface area (Å²) in [6.07, 6.45) is -0.771. The van der Waals surface area contributed by atoms with E-state index in [2.05, 4.69) is 44.5 Å². The molecule has 0 aliphatic rings. The Morgan fingerprint density at radius 1 is 1.06 bits per heavy atom. The summed E-state index contributed by atoms with van der Waals surface area (Å²) in [6.45, 7) is 13.7. The second-order valence-electron chi connectivity index (χ2n) is 9.18. The minimum Gasteiger partial charge on any atom is -0.467 e. The maximum absolute atomic E-state index is 12.9. The van der Waals surface area contributed by atoms with Gasteiger partial charge in [-0.1, -0.05) is 51.1 Å². The Balaban J connectivity index is 2.82. The van der Waals surface area contributed by atoms with Gasteiger partial charge in [0.05, 0.1) is 13.7 Å². The normalized spacial score (nSPS) is 12.4. The number of amides is 2. The summed E-state index contributed by atoms with van der Waals surface area (Å²) in [5.41, 5.74) is 1.37. The lowest BCUT2D eigenvalue weighted by molar-refractivity contribution is -0.145. The highest BCUT2D eigenvalue weighted by molar-refractivity contribution is 6.74. The summed E-state index contributed by atoms with van der Waals surface area (Å²) in [4.78, 5) is 37.3. The highest BCUT2D eigenvalue weighted by atomic mass is 28.4. The van der Waals surface area contributed by atoms with Crippen LogP contribution >= 0.6 is 0 Å². The van der Waals surface area contributed by atoms with Crippen LogP contribution < -0.4 is 10.6 Å². The molecule has 1 rings (SSSR count). The van der Waals surface area contributed by atoms with Crippen molar-refractivity contribution in [1.82, 2.24) is 10.6 Å². The Kier molecular flexibility index (Phi) is 10.1. The van der Waals surface area contributed by atoms with Crippen molar-refractivity contribution >= 4 is 26.3 Å². The molecular weight excluding hydrogens is 428 g/mol. The summed E-state index contributed by atoms with van der Waals surface area (Å²) < 4.78 is 16.1. The summed E-state index contributed by atoms with van der Waals surface area (Å²) in [7, 11) is -0.911. The summed E-state index contributed by atoms with van der Waals surface area (Å²) in [5, 5.41) is 5.01. The summed E-state index contributed by atoms with van der Waals surface area (Å²) in [6, 6.07) is 8.17. The molecule has 32 heavy (non-hydrogen) atoms. The number of rotatable bonds is 9. The molecule has 1 aromatic rings. The van der Waals surface area contributed by atoms with Crippen molar-refractivity contribution in [3.8, 4) is 0 Å². The van der Waals surface area contributed by atoms with Crippen LogP contribution in [-0.2, 0) is 30.1 Å². The number of benzene rings is 1. The molecule has 1 atom stereocenters. The van der Waals surface area contributed by atoms with Crippen molar-refractivity contribution in [2.75, 3.05) is 13.7 Å². The largest absolute Gasteiger partial charge is 0.467 e. The van der Waals surface area contributed by atoms with E-state index in [1.807, 2.05) is 30.3 Å². The summed E-state index contributed by atoms with van der Waals surface area (Å²) in [5.74, 6) is -1.26. The van der Waals surface area contributed by atoms with E-state index in [0.717, 1.165) is 5.56 Å². The van der Waals surface area contributed by atoms with Crippen LogP contribution in [0.5, 0.6) is 0 Å². The third-order valence-corrected chi connectivity index (χ3v) is 9.88. The lowest BCUT2D eigenvalue weighted by atomic mass is 10.2. The lowest BCUT2D eigenvalue weighted by Gasteiger charge is -2.37. The second kappa shape index (κ2) is 11.8. The van der Waals surface area contributed by atoms with Crippen molar-refractivity contribution < 1.29 is 28.3 Å². The Morgan fingerprint density at radius 2 is 1.66 bits per heavy atom. The fourth-order valence-electron chi connectivity index (χ4n) is 2.32. The van der Waals surface area contributed by atoms with Gasteiger partial charge in [-0.15, -0.1) is 0 Å². The van der Waals surface area contributed by atoms with Gasteiger partial charge in [-0.3, -0.25) is 10.1 Å². The van der Waals surface area contributed by atoms with E-state index in [0.29, 0.717) is 5.57 Å². The van der Waals surface area contributed by atoms with Crippen LogP contribution in [0.1, 0.15) is 40.2 Å². The number of hydrogen-bond acceptors (Lipinski definition) is 6. The highest BCUT2D eigenvalue weighted by Crippen LogP contribution is 2.36. The van der Waals surface area contributed by atoms with Gasteiger partial charge in [-0.2, -0.15) is 0 Å². The Morgan fingerprint density at radius 3 is 2.16 bits per heavy atom. The number of ether oxygens (including phenoxy) is 2. The van der Waals surface area contributed by atoms with Crippen LogP contribution in [0.3, 0.4) is 0 Å². The van der Waals surface area contributed by atoms with Crippen molar-refractivity contribution in [3.05, 3.63) is 47.2 Å². The van der Waals surface area contributed by atoms with Gasteiger partial charge >= 0.3 is 12.1 Å². The van der Waals surface area contributed by atoms with E-state index in [1.54, 1.807) is 13.8 Å². The topological polar surface area (TPSA) is 103 Å². The van der Waals surface area contributed by atoms with Crippen molar-refractivity contribution in [1.29, 1.82) is 0 Å². The molecule has 0 spiro atoms. The third kappa shape index (κ3) is 8.47. The van der Waals surface area contributed by atoms with Crippen molar-refractivity contribution in [3.63, 3.8) is 0 Å². The Bertz CT molecular complexity index is 827. The molecule has 0 unspecified atom stereocenters. The first-order chi connectivity index (χ1) is 14.8. The van der Waals surface area contributed by atoms with E-state index in [4.69, 9.17) is 13.9 Å². The number of alkyl carbamates (subject to hydrolysis) is 1. The van der Waals surface area contributed by atoms with Crippen LogP contribution in [0.2, 0.25) is 18.1 Å². The molecule has 0 bridgehead atoms. The number of allylic oxidation sites excluding steroid dienone is 1. The molecule has 2 N–H and O–H groups in total. The molecule has 8 nitrogen and oxygen atoms in total. The zero-order chi connectivity index (χ0) is 24.5. The van der Waals surface area contributed by atoms with Crippen LogP contribution in [0.25, 0.3) is 0 Å². The fraction of sp³-hybridized carbons (Fsp3) is 0.522. The molecule has 0 saturated heterocycles. The quantitative estimate of drug-likeness (QED) is 0.327. The monoisotopic (exact) mass is 464 g/mol. The molecule has 0 aliphatic heterocycles. The molecule has 0 aromatic heterocycles. The zero-order valence-corrected chi connectivity index (χ0v) is 21.3.